The van der Waals surface area contributed by atoms with Crippen molar-refractivity contribution in [2.45, 2.75) is 13.8 Å². The molecule has 7 heavy (non-hydrogen) atoms. The minimum absolute atomic E-state index is 0.00926. The van der Waals surface area contributed by atoms with E-state index in [9.17, 15) is 4.79 Å². The second kappa shape index (κ2) is 3.24. The maximum atomic E-state index is 10.3. The van der Waals surface area contributed by atoms with Crippen LogP contribution in [0.25, 0.3) is 0 Å². The van der Waals surface area contributed by atoms with Crippen LogP contribution in [-0.2, 0) is 29.5 Å². The van der Waals surface area contributed by atoms with Gasteiger partial charge >= 0.3 is 55.2 Å². The van der Waals surface area contributed by atoms with E-state index in [1.807, 2.05) is 0 Å². The average Bonchev–Trinajstić information content (AvgIpc) is 1.65. The van der Waals surface area contributed by atoms with E-state index in [0.29, 0.717) is 0 Å². The molecule has 0 heterocycles. The van der Waals surface area contributed by atoms with Gasteiger partial charge in [0, 0.05) is 0 Å². The Labute approximate surface area is 55.6 Å². The molecule has 0 atom stereocenters. The van der Waals surface area contributed by atoms with Gasteiger partial charge in [0.2, 0.25) is 0 Å². The first-order chi connectivity index (χ1) is 3.18. The summed E-state index contributed by atoms with van der Waals surface area (Å²) in [6, 6.07) is 0. The summed E-state index contributed by atoms with van der Waals surface area (Å²) < 4.78 is 4.32. The van der Waals surface area contributed by atoms with Gasteiger partial charge in [0.15, 0.2) is 0 Å². The second-order valence-electron chi connectivity index (χ2n) is 1.54. The van der Waals surface area contributed by atoms with Crippen LogP contribution in [0.4, 0.5) is 0 Å². The Kier molecular flexibility index (Phi) is 3.34. The molecule has 0 aliphatic rings. The molecule has 0 unspecified atom stereocenters. The predicted molar refractivity (Wildman–Crippen MR) is 20.9 cm³/mol. The van der Waals surface area contributed by atoms with Gasteiger partial charge in [-0.2, -0.15) is 0 Å². The van der Waals surface area contributed by atoms with Gasteiger partial charge < -0.3 is 0 Å². The molecule has 3 heteroatoms. The quantitative estimate of drug-likeness (QED) is 0.661. The molecule has 0 fully saturated rings. The summed E-state index contributed by atoms with van der Waals surface area (Å²) >= 11 is 1.74. The fraction of sp³-hybridized carbons (Fsp3) is 0.750. The van der Waals surface area contributed by atoms with Crippen LogP contribution in [0.3, 0.4) is 0 Å². The maximum absolute atomic E-state index is 10.3. The van der Waals surface area contributed by atoms with Crippen LogP contribution < -0.4 is 0 Å². The number of rotatable bonds is 1. The Balaban J connectivity index is 3.35. The van der Waals surface area contributed by atoms with Crippen LogP contribution >= 0.6 is 0 Å². The van der Waals surface area contributed by atoms with Crippen molar-refractivity contribution >= 4 is 5.97 Å². The fourth-order valence-corrected chi connectivity index (χ4v) is 0.582. The van der Waals surface area contributed by atoms with Crippen molar-refractivity contribution in [3.8, 4) is 0 Å². The molecular formula is C4H7AuO2. The van der Waals surface area contributed by atoms with Crippen molar-refractivity contribution in [2.75, 3.05) is 0 Å². The van der Waals surface area contributed by atoms with E-state index in [2.05, 4.69) is 3.24 Å². The van der Waals surface area contributed by atoms with Gasteiger partial charge in [-0.15, -0.1) is 0 Å². The predicted octanol–water partition coefficient (Wildman–Crippen LogP) is 0.647. The van der Waals surface area contributed by atoms with E-state index < -0.39 is 0 Å². The standard InChI is InChI=1S/C4H8O2.Au/c1-3(2)4(5)6;/h3H,1-2H3,(H,5,6);/q;+1/p-1. The molecule has 0 bridgehead atoms. The molecule has 0 aromatic rings. The summed E-state index contributed by atoms with van der Waals surface area (Å²) in [6.07, 6.45) is 0. The molecule has 0 rings (SSSR count). The fourth-order valence-electron chi connectivity index (χ4n) is 0.0711. The van der Waals surface area contributed by atoms with Crippen LogP contribution in [0.2, 0.25) is 0 Å². The van der Waals surface area contributed by atoms with E-state index in [1.165, 1.54) is 0 Å². The zero-order valence-electron chi connectivity index (χ0n) is 4.20. The van der Waals surface area contributed by atoms with Gasteiger partial charge in [-0.1, -0.05) is 0 Å². The van der Waals surface area contributed by atoms with Crippen molar-refractivity contribution < 1.29 is 29.5 Å². The number of carbonyl (C=O) groups is 1. The van der Waals surface area contributed by atoms with Crippen molar-refractivity contribution in [3.63, 3.8) is 0 Å². The van der Waals surface area contributed by atoms with Crippen molar-refractivity contribution in [1.82, 2.24) is 0 Å². The van der Waals surface area contributed by atoms with Gasteiger partial charge in [0.25, 0.3) is 0 Å². The van der Waals surface area contributed by atoms with E-state index >= 15 is 0 Å². The monoisotopic (exact) mass is 284 g/mol. The van der Waals surface area contributed by atoms with Crippen molar-refractivity contribution in [2.24, 2.45) is 5.92 Å². The van der Waals surface area contributed by atoms with E-state index in [-0.39, 0.29) is 11.9 Å². The van der Waals surface area contributed by atoms with Gasteiger partial charge in [0.1, 0.15) is 0 Å². The zero-order valence-corrected chi connectivity index (χ0v) is 6.36. The Hall–Kier alpha value is 0.210. The number of carbonyl (C=O) groups excluding carboxylic acids is 1. The normalized spacial score (nSPS) is 9.29. The molecule has 2 nitrogen and oxygen atoms in total. The molecule has 0 aromatic carbocycles. The summed E-state index contributed by atoms with van der Waals surface area (Å²) in [5, 5.41) is 0. The topological polar surface area (TPSA) is 26.3 Å². The molecule has 0 saturated heterocycles. The third-order valence-corrected chi connectivity index (χ3v) is 0.968. The molecule has 0 N–H and O–H groups in total. The summed E-state index contributed by atoms with van der Waals surface area (Å²) in [7, 11) is 0. The second-order valence-corrected chi connectivity index (χ2v) is 1.98. The first-order valence-corrected chi connectivity index (χ1v) is 2.86. The molecule has 0 aromatic heterocycles. The average molecular weight is 284 g/mol. The molecule has 0 aliphatic heterocycles. The number of hydrogen-bond donors (Lipinski definition) is 0. The third kappa shape index (κ3) is 2.85. The van der Waals surface area contributed by atoms with Crippen LogP contribution in [0, 0.1) is 5.92 Å². The summed E-state index contributed by atoms with van der Waals surface area (Å²) in [6.45, 7) is 3.58. The summed E-state index contributed by atoms with van der Waals surface area (Å²) in [5.41, 5.74) is 0. The SMILES string of the molecule is CC(C)C(=O)[O][Au]. The van der Waals surface area contributed by atoms with Crippen LogP contribution in [0.1, 0.15) is 13.8 Å². The molecule has 0 saturated carbocycles. The molecule has 0 amide bonds. The van der Waals surface area contributed by atoms with Gasteiger partial charge in [0.05, 0.1) is 0 Å². The van der Waals surface area contributed by atoms with Gasteiger partial charge in [-0.25, -0.2) is 0 Å². The minimum atomic E-state index is -0.177. The first kappa shape index (κ1) is 7.21. The Morgan fingerprint density at radius 3 is 2.14 bits per heavy atom. The summed E-state index contributed by atoms with van der Waals surface area (Å²) in [4.78, 5) is 10.3. The van der Waals surface area contributed by atoms with Crippen LogP contribution in [0.15, 0.2) is 0 Å². The Morgan fingerprint density at radius 1 is 1.71 bits per heavy atom. The molecule has 46 valence electrons. The third-order valence-electron chi connectivity index (χ3n) is 0.532. The van der Waals surface area contributed by atoms with Gasteiger partial charge in [-0.05, 0) is 0 Å². The first-order valence-electron chi connectivity index (χ1n) is 1.97. The van der Waals surface area contributed by atoms with E-state index in [4.69, 9.17) is 0 Å². The van der Waals surface area contributed by atoms with E-state index in [1.54, 1.807) is 35.3 Å². The van der Waals surface area contributed by atoms with E-state index in [0.717, 1.165) is 0 Å². The van der Waals surface area contributed by atoms with Crippen LogP contribution in [-0.4, -0.2) is 5.97 Å². The molecule has 0 spiro atoms. The molecule has 0 aliphatic carbocycles. The Bertz CT molecular complexity index is 70.1. The Morgan fingerprint density at radius 2 is 2.14 bits per heavy atom. The molecule has 0 radical (unpaired) electrons. The van der Waals surface area contributed by atoms with Crippen LogP contribution in [0.5, 0.6) is 0 Å². The number of hydrogen-bond acceptors (Lipinski definition) is 2. The van der Waals surface area contributed by atoms with Crippen molar-refractivity contribution in [1.29, 1.82) is 0 Å². The van der Waals surface area contributed by atoms with Crippen molar-refractivity contribution in [3.05, 3.63) is 0 Å². The summed E-state index contributed by atoms with van der Waals surface area (Å²) in [5.74, 6) is -0.187. The zero-order chi connectivity index (χ0) is 5.86. The molecular weight excluding hydrogens is 277 g/mol. The van der Waals surface area contributed by atoms with Gasteiger partial charge in [-0.3, -0.25) is 0 Å².